The Hall–Kier alpha value is -2.40. The Morgan fingerprint density at radius 2 is 2.05 bits per heavy atom. The van der Waals surface area contributed by atoms with E-state index >= 15 is 0 Å². The molecule has 0 bridgehead atoms. The van der Waals surface area contributed by atoms with Crippen LogP contribution in [0.15, 0.2) is 42.5 Å². The molecule has 0 aliphatic carbocycles. The third-order valence-corrected chi connectivity index (χ3v) is 2.98. The number of fused-ring (bicyclic) bond motifs is 1. The highest BCUT2D eigenvalue weighted by molar-refractivity contribution is 6.30. The van der Waals surface area contributed by atoms with Crippen molar-refractivity contribution >= 4 is 28.6 Å². The van der Waals surface area contributed by atoms with Gasteiger partial charge in [-0.2, -0.15) is 0 Å². The van der Waals surface area contributed by atoms with Crippen LogP contribution in [-0.2, 0) is 0 Å². The molecule has 94 valence electrons. The summed E-state index contributed by atoms with van der Waals surface area (Å²) in [7, 11) is 0. The van der Waals surface area contributed by atoms with Crippen molar-refractivity contribution in [1.82, 2.24) is 15.0 Å². The minimum atomic E-state index is -0.987. The zero-order valence-corrected chi connectivity index (χ0v) is 10.4. The maximum Gasteiger partial charge on any atom is 0.335 e. The zero-order chi connectivity index (χ0) is 13.4. The lowest BCUT2D eigenvalue weighted by Crippen LogP contribution is -1.97. The van der Waals surface area contributed by atoms with Gasteiger partial charge < -0.3 is 5.11 Å². The Balaban J connectivity index is 2.18. The van der Waals surface area contributed by atoms with E-state index in [9.17, 15) is 4.79 Å². The van der Waals surface area contributed by atoms with E-state index in [0.717, 1.165) is 11.2 Å². The van der Waals surface area contributed by atoms with Crippen molar-refractivity contribution in [2.75, 3.05) is 0 Å². The highest BCUT2D eigenvalue weighted by Crippen LogP contribution is 2.20. The highest BCUT2D eigenvalue weighted by Gasteiger charge is 2.10. The lowest BCUT2D eigenvalue weighted by atomic mass is 10.2. The Labute approximate surface area is 113 Å². The number of benzene rings is 2. The van der Waals surface area contributed by atoms with Crippen LogP contribution in [0.5, 0.6) is 0 Å². The van der Waals surface area contributed by atoms with Gasteiger partial charge in [-0.3, -0.25) is 0 Å². The molecule has 0 saturated carbocycles. The fourth-order valence-electron chi connectivity index (χ4n) is 1.86. The van der Waals surface area contributed by atoms with Gasteiger partial charge in [-0.15, -0.1) is 5.10 Å². The third-order valence-electron chi connectivity index (χ3n) is 2.75. The fourth-order valence-corrected chi connectivity index (χ4v) is 2.04. The number of hydrogen-bond donors (Lipinski definition) is 1. The molecular formula is C13H8ClN3O2. The first-order valence-electron chi connectivity index (χ1n) is 5.50. The van der Waals surface area contributed by atoms with Crippen LogP contribution in [0.2, 0.25) is 5.02 Å². The second-order valence-corrected chi connectivity index (χ2v) is 4.43. The zero-order valence-electron chi connectivity index (χ0n) is 9.62. The molecule has 1 N–H and O–H groups in total. The number of aromatic carboxylic acids is 1. The minimum absolute atomic E-state index is 0.186. The first-order valence-corrected chi connectivity index (χ1v) is 5.87. The summed E-state index contributed by atoms with van der Waals surface area (Å²) < 4.78 is 1.62. The summed E-state index contributed by atoms with van der Waals surface area (Å²) in [6, 6.07) is 11.9. The molecule has 0 atom stereocenters. The van der Waals surface area contributed by atoms with Crippen molar-refractivity contribution in [3.63, 3.8) is 0 Å². The summed E-state index contributed by atoms with van der Waals surface area (Å²) in [5, 5.41) is 17.5. The van der Waals surface area contributed by atoms with E-state index in [2.05, 4.69) is 10.3 Å². The van der Waals surface area contributed by atoms with Gasteiger partial charge in [0.25, 0.3) is 0 Å². The number of aromatic nitrogens is 3. The summed E-state index contributed by atoms with van der Waals surface area (Å²) in [5.74, 6) is -0.987. The van der Waals surface area contributed by atoms with Crippen molar-refractivity contribution in [2.45, 2.75) is 0 Å². The molecule has 0 amide bonds. The van der Waals surface area contributed by atoms with Crippen LogP contribution >= 0.6 is 11.6 Å². The van der Waals surface area contributed by atoms with Gasteiger partial charge in [0.15, 0.2) is 0 Å². The van der Waals surface area contributed by atoms with Crippen LogP contribution in [-0.4, -0.2) is 26.1 Å². The molecule has 3 rings (SSSR count). The standard InChI is InChI=1S/C13H8ClN3O2/c14-9-2-1-3-10(7-9)17-12-5-4-8(13(18)19)6-11(12)15-16-17/h1-7H,(H,18,19). The topological polar surface area (TPSA) is 68.0 Å². The highest BCUT2D eigenvalue weighted by atomic mass is 35.5. The second kappa shape index (κ2) is 4.37. The molecular weight excluding hydrogens is 266 g/mol. The molecule has 3 aromatic rings. The summed E-state index contributed by atoms with van der Waals surface area (Å²) in [5.41, 5.74) is 2.22. The Kier molecular flexibility index (Phi) is 2.68. The number of carboxylic acid groups (broad SMARTS) is 1. The molecule has 0 radical (unpaired) electrons. The Bertz CT molecular complexity index is 782. The van der Waals surface area contributed by atoms with Gasteiger partial charge in [0.05, 0.1) is 16.8 Å². The SMILES string of the molecule is O=C(O)c1ccc2c(c1)nnn2-c1cccc(Cl)c1. The fraction of sp³-hybridized carbons (Fsp3) is 0. The van der Waals surface area contributed by atoms with E-state index in [1.54, 1.807) is 22.9 Å². The molecule has 0 fully saturated rings. The van der Waals surface area contributed by atoms with Crippen LogP contribution in [0, 0.1) is 0 Å². The van der Waals surface area contributed by atoms with E-state index in [-0.39, 0.29) is 5.56 Å². The Morgan fingerprint density at radius 1 is 1.21 bits per heavy atom. The van der Waals surface area contributed by atoms with Gasteiger partial charge >= 0.3 is 5.97 Å². The van der Waals surface area contributed by atoms with Crippen LogP contribution in [0.1, 0.15) is 10.4 Å². The first kappa shape index (κ1) is 11.7. The predicted molar refractivity (Wildman–Crippen MR) is 70.8 cm³/mol. The van der Waals surface area contributed by atoms with Gasteiger partial charge in [0.2, 0.25) is 0 Å². The second-order valence-electron chi connectivity index (χ2n) is 3.99. The monoisotopic (exact) mass is 273 g/mol. The van der Waals surface area contributed by atoms with E-state index in [0.29, 0.717) is 10.5 Å². The molecule has 0 saturated heterocycles. The molecule has 6 heteroatoms. The van der Waals surface area contributed by atoms with Crippen LogP contribution in [0.4, 0.5) is 0 Å². The van der Waals surface area contributed by atoms with E-state index in [1.165, 1.54) is 12.1 Å². The summed E-state index contributed by atoms with van der Waals surface area (Å²) in [4.78, 5) is 10.9. The van der Waals surface area contributed by atoms with Crippen molar-refractivity contribution in [2.24, 2.45) is 0 Å². The van der Waals surface area contributed by atoms with Crippen molar-refractivity contribution < 1.29 is 9.90 Å². The predicted octanol–water partition coefficient (Wildman–Crippen LogP) is 2.77. The number of rotatable bonds is 2. The summed E-state index contributed by atoms with van der Waals surface area (Å²) in [6.45, 7) is 0. The van der Waals surface area contributed by atoms with Gasteiger partial charge in [-0.05, 0) is 36.4 Å². The molecule has 0 aliphatic rings. The van der Waals surface area contributed by atoms with Crippen LogP contribution in [0.25, 0.3) is 16.7 Å². The maximum atomic E-state index is 10.9. The number of nitrogens with zero attached hydrogens (tertiary/aromatic N) is 3. The average Bonchev–Trinajstić information content (AvgIpc) is 2.81. The molecule has 0 spiro atoms. The number of halogens is 1. The van der Waals surface area contributed by atoms with E-state index in [1.807, 2.05) is 12.1 Å². The molecule has 5 nitrogen and oxygen atoms in total. The number of carboxylic acids is 1. The molecule has 2 aromatic carbocycles. The van der Waals surface area contributed by atoms with Crippen LogP contribution in [0.3, 0.4) is 0 Å². The maximum absolute atomic E-state index is 10.9. The Morgan fingerprint density at radius 3 is 2.79 bits per heavy atom. The molecule has 0 unspecified atom stereocenters. The van der Waals surface area contributed by atoms with Gasteiger partial charge in [-0.25, -0.2) is 9.48 Å². The van der Waals surface area contributed by atoms with Crippen molar-refractivity contribution in [1.29, 1.82) is 0 Å². The number of carbonyl (C=O) groups is 1. The van der Waals surface area contributed by atoms with E-state index < -0.39 is 5.97 Å². The lowest BCUT2D eigenvalue weighted by molar-refractivity contribution is 0.0697. The summed E-state index contributed by atoms with van der Waals surface area (Å²) in [6.07, 6.45) is 0. The average molecular weight is 274 g/mol. The van der Waals surface area contributed by atoms with Crippen LogP contribution < -0.4 is 0 Å². The van der Waals surface area contributed by atoms with Gasteiger partial charge in [0, 0.05) is 5.02 Å². The first-order chi connectivity index (χ1) is 9.15. The molecule has 0 aliphatic heterocycles. The normalized spacial score (nSPS) is 10.8. The van der Waals surface area contributed by atoms with E-state index in [4.69, 9.17) is 16.7 Å². The summed E-state index contributed by atoms with van der Waals surface area (Å²) >= 11 is 5.94. The smallest absolute Gasteiger partial charge is 0.335 e. The van der Waals surface area contributed by atoms with Crippen molar-refractivity contribution in [3.8, 4) is 5.69 Å². The molecule has 1 heterocycles. The van der Waals surface area contributed by atoms with Gasteiger partial charge in [-0.1, -0.05) is 22.9 Å². The largest absolute Gasteiger partial charge is 0.478 e. The third kappa shape index (κ3) is 2.04. The van der Waals surface area contributed by atoms with Gasteiger partial charge in [0.1, 0.15) is 5.52 Å². The number of hydrogen-bond acceptors (Lipinski definition) is 3. The quantitative estimate of drug-likeness (QED) is 0.779. The molecule has 19 heavy (non-hydrogen) atoms. The lowest BCUT2D eigenvalue weighted by Gasteiger charge is -2.02. The molecule has 1 aromatic heterocycles. The minimum Gasteiger partial charge on any atom is -0.478 e. The van der Waals surface area contributed by atoms with Crippen molar-refractivity contribution in [3.05, 3.63) is 53.1 Å².